The number of halogens is 1. The molecule has 1 aliphatic heterocycles. The van der Waals surface area contributed by atoms with Crippen molar-refractivity contribution in [2.75, 3.05) is 13.2 Å². The first-order valence-corrected chi connectivity index (χ1v) is 7.30. The van der Waals surface area contributed by atoms with Crippen LogP contribution in [0.25, 0.3) is 5.69 Å². The molecule has 2 heterocycles. The van der Waals surface area contributed by atoms with E-state index in [0.29, 0.717) is 23.8 Å². The Labute approximate surface area is 127 Å². The number of carbonyl (C=O) groups is 1. The molecule has 1 aliphatic rings. The lowest BCUT2D eigenvalue weighted by atomic mass is 10.1. The van der Waals surface area contributed by atoms with Gasteiger partial charge >= 0.3 is 0 Å². The average Bonchev–Trinajstić information content (AvgIpc) is 3.03. The van der Waals surface area contributed by atoms with Gasteiger partial charge in [0, 0.05) is 31.6 Å². The van der Waals surface area contributed by atoms with Crippen LogP contribution in [0.3, 0.4) is 0 Å². The van der Waals surface area contributed by atoms with Crippen LogP contribution in [-0.2, 0) is 4.74 Å². The maximum Gasteiger partial charge on any atom is 0.253 e. The van der Waals surface area contributed by atoms with Crippen LogP contribution in [0.2, 0.25) is 5.02 Å². The Hall–Kier alpha value is -1.85. The van der Waals surface area contributed by atoms with Gasteiger partial charge in [-0.3, -0.25) is 4.79 Å². The molecule has 0 aliphatic carbocycles. The predicted octanol–water partition coefficient (Wildman–Crippen LogP) is 2.43. The third-order valence-corrected chi connectivity index (χ3v) is 3.85. The molecule has 1 aromatic heterocycles. The second-order valence-corrected chi connectivity index (χ2v) is 5.38. The number of amides is 1. The maximum absolute atomic E-state index is 12.4. The van der Waals surface area contributed by atoms with E-state index in [1.807, 2.05) is 18.3 Å². The number of carbonyl (C=O) groups excluding carboxylic acids is 1. The van der Waals surface area contributed by atoms with E-state index in [-0.39, 0.29) is 11.9 Å². The van der Waals surface area contributed by atoms with Gasteiger partial charge in [0.25, 0.3) is 5.91 Å². The zero-order valence-electron chi connectivity index (χ0n) is 11.5. The van der Waals surface area contributed by atoms with Gasteiger partial charge in [0.1, 0.15) is 0 Å². The number of hydrogen-bond donors (Lipinski definition) is 1. The molecule has 0 bridgehead atoms. The summed E-state index contributed by atoms with van der Waals surface area (Å²) in [5.74, 6) is -0.152. The summed E-state index contributed by atoms with van der Waals surface area (Å²) in [4.78, 5) is 12.4. The molecule has 0 unspecified atom stereocenters. The average molecular weight is 306 g/mol. The van der Waals surface area contributed by atoms with Gasteiger partial charge in [0.15, 0.2) is 0 Å². The van der Waals surface area contributed by atoms with E-state index in [2.05, 4.69) is 10.4 Å². The van der Waals surface area contributed by atoms with Crippen LogP contribution < -0.4 is 5.32 Å². The Balaban J connectivity index is 1.80. The van der Waals surface area contributed by atoms with Crippen LogP contribution in [0.1, 0.15) is 23.2 Å². The lowest BCUT2D eigenvalue weighted by molar-refractivity contribution is 0.0696. The summed E-state index contributed by atoms with van der Waals surface area (Å²) < 4.78 is 6.99. The zero-order valence-corrected chi connectivity index (χ0v) is 12.2. The molecular formula is C15H16ClN3O2. The molecule has 0 atom stereocenters. The summed E-state index contributed by atoms with van der Waals surface area (Å²) in [6, 6.07) is 7.29. The molecule has 1 N–H and O–H groups in total. The fourth-order valence-electron chi connectivity index (χ4n) is 2.36. The van der Waals surface area contributed by atoms with E-state index < -0.39 is 0 Å². The highest BCUT2D eigenvalue weighted by Gasteiger charge is 2.19. The first-order chi connectivity index (χ1) is 10.2. The van der Waals surface area contributed by atoms with E-state index >= 15 is 0 Å². The fraction of sp³-hybridized carbons (Fsp3) is 0.333. The molecule has 1 saturated heterocycles. The molecule has 1 aromatic carbocycles. The van der Waals surface area contributed by atoms with Crippen LogP contribution in [0, 0.1) is 0 Å². The van der Waals surface area contributed by atoms with E-state index in [4.69, 9.17) is 16.3 Å². The van der Waals surface area contributed by atoms with Gasteiger partial charge in [-0.1, -0.05) is 11.6 Å². The number of aromatic nitrogens is 2. The van der Waals surface area contributed by atoms with E-state index in [0.717, 1.165) is 18.5 Å². The third-order valence-electron chi connectivity index (χ3n) is 3.52. The quantitative estimate of drug-likeness (QED) is 0.947. The highest BCUT2D eigenvalue weighted by Crippen LogP contribution is 2.20. The molecule has 3 rings (SSSR count). The maximum atomic E-state index is 12.4. The molecule has 21 heavy (non-hydrogen) atoms. The second-order valence-electron chi connectivity index (χ2n) is 4.97. The lowest BCUT2D eigenvalue weighted by Crippen LogP contribution is -2.39. The van der Waals surface area contributed by atoms with E-state index in [9.17, 15) is 4.79 Å². The van der Waals surface area contributed by atoms with Crippen molar-refractivity contribution in [2.45, 2.75) is 18.9 Å². The monoisotopic (exact) mass is 305 g/mol. The highest BCUT2D eigenvalue weighted by atomic mass is 35.5. The van der Waals surface area contributed by atoms with Crippen molar-refractivity contribution in [1.29, 1.82) is 0 Å². The van der Waals surface area contributed by atoms with Crippen molar-refractivity contribution in [2.24, 2.45) is 0 Å². The smallest absolute Gasteiger partial charge is 0.253 e. The second kappa shape index (κ2) is 6.28. The minimum Gasteiger partial charge on any atom is -0.381 e. The number of benzene rings is 1. The molecule has 5 nitrogen and oxygen atoms in total. The van der Waals surface area contributed by atoms with Crippen LogP contribution in [-0.4, -0.2) is 34.9 Å². The number of rotatable bonds is 3. The third kappa shape index (κ3) is 3.25. The minimum atomic E-state index is -0.152. The molecule has 1 fully saturated rings. The minimum absolute atomic E-state index is 0.149. The molecule has 1 amide bonds. The van der Waals surface area contributed by atoms with Crippen molar-refractivity contribution in [3.63, 3.8) is 0 Å². The Morgan fingerprint density at radius 3 is 2.90 bits per heavy atom. The van der Waals surface area contributed by atoms with Gasteiger partial charge in [-0.2, -0.15) is 5.10 Å². The fourth-order valence-corrected chi connectivity index (χ4v) is 2.56. The van der Waals surface area contributed by atoms with Crippen LogP contribution in [0.4, 0.5) is 0 Å². The SMILES string of the molecule is O=C(NC1CCOCC1)c1cc(-n2cccn2)ccc1Cl. The number of hydrogen-bond acceptors (Lipinski definition) is 3. The molecule has 0 radical (unpaired) electrons. The summed E-state index contributed by atoms with van der Waals surface area (Å²) in [5, 5.41) is 7.61. The van der Waals surface area contributed by atoms with Crippen molar-refractivity contribution >= 4 is 17.5 Å². The van der Waals surface area contributed by atoms with Gasteiger partial charge < -0.3 is 10.1 Å². The van der Waals surface area contributed by atoms with Gasteiger partial charge in [0.05, 0.1) is 16.3 Å². The molecule has 110 valence electrons. The summed E-state index contributed by atoms with van der Waals surface area (Å²) >= 11 is 6.15. The summed E-state index contributed by atoms with van der Waals surface area (Å²) in [7, 11) is 0. The molecule has 6 heteroatoms. The van der Waals surface area contributed by atoms with Crippen molar-refractivity contribution in [3.05, 3.63) is 47.2 Å². The summed E-state index contributed by atoms with van der Waals surface area (Å²) in [5.41, 5.74) is 1.28. The molecule has 0 spiro atoms. The van der Waals surface area contributed by atoms with Gasteiger partial charge in [-0.25, -0.2) is 4.68 Å². The standard InChI is InChI=1S/C15H16ClN3O2/c16-14-3-2-12(19-7-1-6-17-19)10-13(14)15(20)18-11-4-8-21-9-5-11/h1-3,6-7,10-11H,4-5,8-9H2,(H,18,20). The number of nitrogens with zero attached hydrogens (tertiary/aromatic N) is 2. The van der Waals surface area contributed by atoms with Crippen molar-refractivity contribution < 1.29 is 9.53 Å². The highest BCUT2D eigenvalue weighted by molar-refractivity contribution is 6.33. The normalized spacial score (nSPS) is 15.9. The largest absolute Gasteiger partial charge is 0.381 e. The zero-order chi connectivity index (χ0) is 14.7. The molecular weight excluding hydrogens is 290 g/mol. The summed E-state index contributed by atoms with van der Waals surface area (Å²) in [6.07, 6.45) is 5.18. The Morgan fingerprint density at radius 2 is 2.19 bits per heavy atom. The molecule has 2 aromatic rings. The summed E-state index contributed by atoms with van der Waals surface area (Å²) in [6.45, 7) is 1.37. The van der Waals surface area contributed by atoms with E-state index in [1.165, 1.54) is 0 Å². The predicted molar refractivity (Wildman–Crippen MR) is 79.9 cm³/mol. The van der Waals surface area contributed by atoms with Crippen molar-refractivity contribution in [1.82, 2.24) is 15.1 Å². The van der Waals surface area contributed by atoms with Crippen LogP contribution in [0.5, 0.6) is 0 Å². The first kappa shape index (κ1) is 14.1. The lowest BCUT2D eigenvalue weighted by Gasteiger charge is -2.23. The van der Waals surface area contributed by atoms with E-state index in [1.54, 1.807) is 23.0 Å². The number of nitrogens with one attached hydrogen (secondary N) is 1. The number of ether oxygens (including phenoxy) is 1. The van der Waals surface area contributed by atoms with Gasteiger partial charge in [0.2, 0.25) is 0 Å². The van der Waals surface area contributed by atoms with Crippen LogP contribution >= 0.6 is 11.6 Å². The topological polar surface area (TPSA) is 56.1 Å². The molecule has 0 saturated carbocycles. The van der Waals surface area contributed by atoms with Gasteiger partial charge in [-0.15, -0.1) is 0 Å². The Morgan fingerprint density at radius 1 is 1.38 bits per heavy atom. The van der Waals surface area contributed by atoms with Crippen LogP contribution in [0.15, 0.2) is 36.7 Å². The Bertz CT molecular complexity index is 622. The van der Waals surface area contributed by atoms with Gasteiger partial charge in [-0.05, 0) is 37.1 Å². The van der Waals surface area contributed by atoms with Crippen molar-refractivity contribution in [3.8, 4) is 5.69 Å². The first-order valence-electron chi connectivity index (χ1n) is 6.92. The Kier molecular flexibility index (Phi) is 4.22.